The normalized spacial score (nSPS) is 13.4. The van der Waals surface area contributed by atoms with Crippen LogP contribution in [0.15, 0.2) is 48.5 Å². The van der Waals surface area contributed by atoms with E-state index in [1.165, 1.54) is 11.3 Å². The summed E-state index contributed by atoms with van der Waals surface area (Å²) in [4.78, 5) is 0. The van der Waals surface area contributed by atoms with Gasteiger partial charge in [0.1, 0.15) is 22.5 Å². The highest BCUT2D eigenvalue weighted by Crippen LogP contribution is 2.44. The van der Waals surface area contributed by atoms with Crippen LogP contribution in [0.2, 0.25) is 0 Å². The molecule has 0 bridgehead atoms. The van der Waals surface area contributed by atoms with Gasteiger partial charge in [0, 0.05) is 11.1 Å². The first kappa shape index (κ1) is 12.7. The Morgan fingerprint density at radius 1 is 1.05 bits per heavy atom. The molecule has 2 heterocycles. The van der Waals surface area contributed by atoms with Gasteiger partial charge in [-0.05, 0) is 31.3 Å². The van der Waals surface area contributed by atoms with E-state index in [0.717, 1.165) is 31.6 Å². The van der Waals surface area contributed by atoms with Crippen LogP contribution in [0.3, 0.4) is 0 Å². The van der Waals surface area contributed by atoms with Crippen LogP contribution >= 0.6 is 23.6 Å². The van der Waals surface area contributed by atoms with Crippen LogP contribution < -0.4 is 4.74 Å². The average Bonchev–Trinajstić information content (AvgIpc) is 2.83. The zero-order chi connectivity index (χ0) is 14.4. The summed E-state index contributed by atoms with van der Waals surface area (Å²) >= 11 is 7.03. The third-order valence-corrected chi connectivity index (χ3v) is 4.74. The second kappa shape index (κ2) is 4.79. The molecule has 3 nitrogen and oxygen atoms in total. The first-order chi connectivity index (χ1) is 10.2. The molecule has 0 saturated heterocycles. The van der Waals surface area contributed by atoms with Crippen molar-refractivity contribution >= 4 is 23.6 Å². The van der Waals surface area contributed by atoms with Crippen LogP contribution in [0, 0.1) is 10.9 Å². The van der Waals surface area contributed by atoms with E-state index in [-0.39, 0.29) is 6.04 Å². The Morgan fingerprint density at radius 2 is 1.62 bits per heavy atom. The Hall–Kier alpha value is -1.98. The van der Waals surface area contributed by atoms with Crippen LogP contribution in [-0.4, -0.2) is 9.78 Å². The minimum atomic E-state index is -0.0244. The van der Waals surface area contributed by atoms with Crippen molar-refractivity contribution in [3.63, 3.8) is 0 Å². The summed E-state index contributed by atoms with van der Waals surface area (Å²) in [5, 5.41) is 5.58. The van der Waals surface area contributed by atoms with Gasteiger partial charge in [0.2, 0.25) is 0 Å². The van der Waals surface area contributed by atoms with Crippen LogP contribution in [0.5, 0.6) is 11.5 Å². The van der Waals surface area contributed by atoms with E-state index >= 15 is 0 Å². The van der Waals surface area contributed by atoms with Gasteiger partial charge >= 0.3 is 0 Å². The van der Waals surface area contributed by atoms with E-state index in [9.17, 15) is 0 Å². The van der Waals surface area contributed by atoms with Gasteiger partial charge in [-0.3, -0.25) is 0 Å². The van der Waals surface area contributed by atoms with Gasteiger partial charge in [0.15, 0.2) is 3.95 Å². The quantitative estimate of drug-likeness (QED) is 0.476. The van der Waals surface area contributed by atoms with Crippen LogP contribution in [0.1, 0.15) is 22.2 Å². The summed E-state index contributed by atoms with van der Waals surface area (Å²) in [6.45, 7) is 1.98. The van der Waals surface area contributed by atoms with Gasteiger partial charge in [-0.2, -0.15) is 5.10 Å². The minimum absolute atomic E-state index is 0.0244. The summed E-state index contributed by atoms with van der Waals surface area (Å²) in [5.74, 6) is 1.74. The van der Waals surface area contributed by atoms with Crippen molar-refractivity contribution in [3.05, 3.63) is 68.6 Å². The molecule has 3 aromatic rings. The van der Waals surface area contributed by atoms with Gasteiger partial charge in [0.05, 0.1) is 0 Å². The van der Waals surface area contributed by atoms with Crippen molar-refractivity contribution < 1.29 is 4.74 Å². The Balaban J connectivity index is 2.02. The fraction of sp³-hybridized carbons (Fsp3) is 0.125. The fourth-order valence-electron chi connectivity index (χ4n) is 2.70. The largest absolute Gasteiger partial charge is 0.457 e. The molecule has 0 unspecified atom stereocenters. The molecule has 0 atom stereocenters. The molecule has 0 fully saturated rings. The third kappa shape index (κ3) is 2.01. The van der Waals surface area contributed by atoms with Crippen molar-refractivity contribution in [2.75, 3.05) is 0 Å². The van der Waals surface area contributed by atoms with E-state index in [1.54, 1.807) is 0 Å². The summed E-state index contributed by atoms with van der Waals surface area (Å²) in [5.41, 5.74) is 2.19. The Morgan fingerprint density at radius 3 is 2.14 bits per heavy atom. The van der Waals surface area contributed by atoms with Crippen LogP contribution in [0.25, 0.3) is 0 Å². The Labute approximate surface area is 131 Å². The average molecular weight is 312 g/mol. The molecule has 4 rings (SSSR count). The molecule has 0 radical (unpaired) electrons. The SMILES string of the molecule is Cc1nn(C2c3ccccc3Oc3ccccc32)c(=S)s1. The Bertz CT molecular complexity index is 836. The smallest absolute Gasteiger partial charge is 0.180 e. The molecule has 0 aliphatic carbocycles. The molecule has 1 aliphatic heterocycles. The number of aryl methyl sites for hydroxylation is 1. The van der Waals surface area contributed by atoms with Crippen molar-refractivity contribution in [2.45, 2.75) is 13.0 Å². The van der Waals surface area contributed by atoms with E-state index < -0.39 is 0 Å². The molecule has 21 heavy (non-hydrogen) atoms. The second-order valence-corrected chi connectivity index (χ2v) is 6.74. The molecule has 0 N–H and O–H groups in total. The van der Waals surface area contributed by atoms with Crippen molar-refractivity contribution in [1.82, 2.24) is 9.78 Å². The van der Waals surface area contributed by atoms with Crippen molar-refractivity contribution in [1.29, 1.82) is 0 Å². The van der Waals surface area contributed by atoms with E-state index in [4.69, 9.17) is 17.0 Å². The maximum absolute atomic E-state index is 6.00. The summed E-state index contributed by atoms with van der Waals surface area (Å²) in [6.07, 6.45) is 0. The molecule has 2 aromatic carbocycles. The number of fused-ring (bicyclic) bond motifs is 2. The fourth-order valence-corrected chi connectivity index (χ4v) is 3.83. The maximum Gasteiger partial charge on any atom is 0.180 e. The number of ether oxygens (including phenoxy) is 1. The predicted molar refractivity (Wildman–Crippen MR) is 85.9 cm³/mol. The lowest BCUT2D eigenvalue weighted by Crippen LogP contribution is -2.18. The minimum Gasteiger partial charge on any atom is -0.457 e. The summed E-state index contributed by atoms with van der Waals surface area (Å²) in [7, 11) is 0. The molecule has 104 valence electrons. The van der Waals surface area contributed by atoms with Crippen LogP contribution in [-0.2, 0) is 0 Å². The molecule has 1 aliphatic rings. The van der Waals surface area contributed by atoms with E-state index in [0.29, 0.717) is 0 Å². The van der Waals surface area contributed by atoms with Crippen molar-refractivity contribution in [3.8, 4) is 11.5 Å². The monoisotopic (exact) mass is 312 g/mol. The number of para-hydroxylation sites is 2. The summed E-state index contributed by atoms with van der Waals surface area (Å²) < 4.78 is 8.71. The molecule has 0 spiro atoms. The lowest BCUT2D eigenvalue weighted by atomic mass is 9.95. The molecular weight excluding hydrogens is 300 g/mol. The number of rotatable bonds is 1. The lowest BCUT2D eigenvalue weighted by molar-refractivity contribution is 0.423. The highest BCUT2D eigenvalue weighted by Gasteiger charge is 2.29. The zero-order valence-electron chi connectivity index (χ0n) is 11.3. The number of nitrogens with zero attached hydrogens (tertiary/aromatic N) is 2. The third-order valence-electron chi connectivity index (χ3n) is 3.56. The first-order valence-corrected chi connectivity index (χ1v) is 7.88. The standard InChI is InChI=1S/C16H12N2OS2/c1-10-17-18(16(20)21-10)15-11-6-2-4-8-13(11)19-14-9-5-3-7-12(14)15/h2-9,15H,1H3. The maximum atomic E-state index is 6.00. The van der Waals surface area contributed by atoms with E-state index in [1.807, 2.05) is 48.0 Å². The van der Waals surface area contributed by atoms with Gasteiger partial charge < -0.3 is 4.74 Å². The number of hydrogen-bond donors (Lipinski definition) is 0. The van der Waals surface area contributed by atoms with Gasteiger partial charge in [-0.1, -0.05) is 47.7 Å². The molecule has 0 saturated carbocycles. The lowest BCUT2D eigenvalue weighted by Gasteiger charge is -2.28. The molecule has 1 aromatic heterocycles. The summed E-state index contributed by atoms with van der Waals surface area (Å²) in [6, 6.07) is 16.1. The van der Waals surface area contributed by atoms with E-state index in [2.05, 4.69) is 17.2 Å². The topological polar surface area (TPSA) is 27.1 Å². The zero-order valence-corrected chi connectivity index (χ0v) is 12.9. The number of benzene rings is 2. The molecule has 5 heteroatoms. The highest BCUT2D eigenvalue weighted by atomic mass is 32.1. The van der Waals surface area contributed by atoms with Gasteiger partial charge in [-0.25, -0.2) is 4.68 Å². The predicted octanol–water partition coefficient (Wildman–Crippen LogP) is 4.73. The Kier molecular flexibility index (Phi) is 2.90. The van der Waals surface area contributed by atoms with Crippen molar-refractivity contribution in [2.24, 2.45) is 0 Å². The first-order valence-electron chi connectivity index (χ1n) is 6.66. The molecule has 0 amide bonds. The highest BCUT2D eigenvalue weighted by molar-refractivity contribution is 7.73. The second-order valence-electron chi connectivity index (χ2n) is 4.91. The van der Waals surface area contributed by atoms with Gasteiger partial charge in [0.25, 0.3) is 0 Å². The number of hydrogen-bond acceptors (Lipinski definition) is 4. The number of aromatic nitrogens is 2. The van der Waals surface area contributed by atoms with Gasteiger partial charge in [-0.15, -0.1) is 0 Å². The van der Waals surface area contributed by atoms with Crippen LogP contribution in [0.4, 0.5) is 0 Å². The molecular formula is C16H12N2OS2.